The number of nitro benzene ring substituents is 1. The Bertz CT molecular complexity index is 1590. The van der Waals surface area contributed by atoms with Gasteiger partial charge in [0.05, 0.1) is 29.2 Å². The first-order valence-corrected chi connectivity index (χ1v) is 10.9. The number of benzene rings is 2. The number of anilines is 2. The number of hydrogen-bond acceptors (Lipinski definition) is 8. The summed E-state index contributed by atoms with van der Waals surface area (Å²) in [6, 6.07) is 9.69. The number of pyridine rings is 1. The quantitative estimate of drug-likeness (QED) is 0.221. The van der Waals surface area contributed by atoms with Crippen LogP contribution in [0.3, 0.4) is 0 Å². The summed E-state index contributed by atoms with van der Waals surface area (Å²) >= 11 is 13.3. The summed E-state index contributed by atoms with van der Waals surface area (Å²) in [7, 11) is 3.01. The lowest BCUT2D eigenvalue weighted by Gasteiger charge is -2.16. The number of para-hydroxylation sites is 2. The Hall–Kier alpha value is -4.15. The van der Waals surface area contributed by atoms with Crippen molar-refractivity contribution < 1.29 is 14.4 Å². The molecular formula is C23H16Cl2N6O4. The standard InChI is InChI=1S/C23H16Cl2N6O4/c1-34-16-10-17(35-2)20(25)18(19(16)24)13-9-12-11-27-23(29-21(12)30-8-7-26-22(13)30)28-14-5-3-4-6-15(14)31(32)33/h3-11H,1-2H3,(H,27,28,29). The second-order valence-corrected chi connectivity index (χ2v) is 8.09. The van der Waals surface area contributed by atoms with Crippen molar-refractivity contribution in [3.8, 4) is 22.6 Å². The molecular weight excluding hydrogens is 495 g/mol. The molecule has 12 heteroatoms. The summed E-state index contributed by atoms with van der Waals surface area (Å²) in [5, 5.41) is 15.5. The number of methoxy groups -OCH3 is 2. The third kappa shape index (κ3) is 3.82. The highest BCUT2D eigenvalue weighted by Gasteiger charge is 2.23. The fourth-order valence-electron chi connectivity index (χ4n) is 3.80. The number of nitro groups is 1. The topological polar surface area (TPSA) is 117 Å². The van der Waals surface area contributed by atoms with Crippen molar-refractivity contribution in [1.82, 2.24) is 19.4 Å². The smallest absolute Gasteiger partial charge is 0.292 e. The highest BCUT2D eigenvalue weighted by atomic mass is 35.5. The molecule has 35 heavy (non-hydrogen) atoms. The van der Waals surface area contributed by atoms with Gasteiger partial charge in [-0.15, -0.1) is 0 Å². The van der Waals surface area contributed by atoms with Gasteiger partial charge in [0.1, 0.15) is 22.8 Å². The first kappa shape index (κ1) is 22.6. The first-order chi connectivity index (χ1) is 16.9. The lowest BCUT2D eigenvalue weighted by atomic mass is 10.0. The van der Waals surface area contributed by atoms with E-state index in [9.17, 15) is 10.1 Å². The summed E-state index contributed by atoms with van der Waals surface area (Å²) in [6.07, 6.45) is 4.96. The van der Waals surface area contributed by atoms with E-state index in [2.05, 4.69) is 20.3 Å². The molecule has 0 saturated heterocycles. The normalized spacial score (nSPS) is 11.1. The maximum atomic E-state index is 11.4. The second-order valence-electron chi connectivity index (χ2n) is 7.33. The first-order valence-electron chi connectivity index (χ1n) is 10.2. The molecule has 0 aliphatic heterocycles. The Morgan fingerprint density at radius 1 is 1.03 bits per heavy atom. The van der Waals surface area contributed by atoms with E-state index in [-0.39, 0.29) is 17.3 Å². The van der Waals surface area contributed by atoms with E-state index in [1.54, 1.807) is 47.3 Å². The minimum atomic E-state index is -0.473. The summed E-state index contributed by atoms with van der Waals surface area (Å²) in [5.41, 5.74) is 2.36. The van der Waals surface area contributed by atoms with Crippen LogP contribution in [-0.2, 0) is 0 Å². The molecule has 0 unspecified atom stereocenters. The van der Waals surface area contributed by atoms with Gasteiger partial charge in [-0.2, -0.15) is 4.98 Å². The van der Waals surface area contributed by atoms with E-state index < -0.39 is 4.92 Å². The fourth-order valence-corrected chi connectivity index (χ4v) is 4.50. The van der Waals surface area contributed by atoms with Crippen LogP contribution >= 0.6 is 23.2 Å². The van der Waals surface area contributed by atoms with Gasteiger partial charge in [0, 0.05) is 47.2 Å². The molecule has 3 heterocycles. The molecule has 0 saturated carbocycles. The molecule has 0 spiro atoms. The molecule has 0 atom stereocenters. The van der Waals surface area contributed by atoms with E-state index in [1.165, 1.54) is 20.3 Å². The van der Waals surface area contributed by atoms with E-state index in [4.69, 9.17) is 32.7 Å². The van der Waals surface area contributed by atoms with Crippen LogP contribution in [0.2, 0.25) is 10.0 Å². The minimum absolute atomic E-state index is 0.0874. The predicted molar refractivity (Wildman–Crippen MR) is 133 cm³/mol. The molecule has 5 rings (SSSR count). The molecule has 0 bridgehead atoms. The van der Waals surface area contributed by atoms with Crippen LogP contribution in [0.1, 0.15) is 0 Å². The van der Waals surface area contributed by atoms with Gasteiger partial charge >= 0.3 is 0 Å². The molecule has 0 fully saturated rings. The number of hydrogen-bond donors (Lipinski definition) is 1. The molecule has 3 aromatic heterocycles. The average Bonchev–Trinajstić information content (AvgIpc) is 3.35. The predicted octanol–water partition coefficient (Wildman–Crippen LogP) is 5.92. The zero-order valence-corrected chi connectivity index (χ0v) is 19.8. The third-order valence-electron chi connectivity index (χ3n) is 5.40. The van der Waals surface area contributed by atoms with Gasteiger partial charge in [0.15, 0.2) is 5.65 Å². The molecule has 0 aliphatic rings. The number of rotatable bonds is 6. The number of halogens is 2. The lowest BCUT2D eigenvalue weighted by Crippen LogP contribution is -2.03. The van der Waals surface area contributed by atoms with Gasteiger partial charge in [0.2, 0.25) is 5.95 Å². The van der Waals surface area contributed by atoms with Crippen molar-refractivity contribution in [3.05, 3.63) is 75.1 Å². The Kier molecular flexibility index (Phi) is 5.75. The van der Waals surface area contributed by atoms with Crippen molar-refractivity contribution in [1.29, 1.82) is 0 Å². The van der Waals surface area contributed by atoms with Crippen molar-refractivity contribution in [2.24, 2.45) is 0 Å². The number of ether oxygens (including phenoxy) is 2. The summed E-state index contributed by atoms with van der Waals surface area (Å²) in [5.74, 6) is 0.981. The Morgan fingerprint density at radius 3 is 2.43 bits per heavy atom. The van der Waals surface area contributed by atoms with Crippen LogP contribution < -0.4 is 14.8 Å². The Balaban J connectivity index is 1.70. The van der Waals surface area contributed by atoms with Gasteiger partial charge in [-0.05, 0) is 12.1 Å². The SMILES string of the molecule is COc1cc(OC)c(Cl)c(-c2cc3cnc(Nc4ccccc4[N+](=O)[O-])nc3n3ccnc23)c1Cl. The van der Waals surface area contributed by atoms with E-state index in [1.807, 2.05) is 6.07 Å². The Morgan fingerprint density at radius 2 is 1.74 bits per heavy atom. The summed E-state index contributed by atoms with van der Waals surface area (Å²) in [4.78, 5) is 24.3. The second kappa shape index (κ2) is 8.90. The van der Waals surface area contributed by atoms with Crippen LogP contribution in [0.25, 0.3) is 27.8 Å². The van der Waals surface area contributed by atoms with Gasteiger partial charge in [-0.3, -0.25) is 14.5 Å². The largest absolute Gasteiger partial charge is 0.495 e. The molecule has 0 amide bonds. The zero-order chi connectivity index (χ0) is 24.7. The van der Waals surface area contributed by atoms with Crippen molar-refractivity contribution in [2.45, 2.75) is 0 Å². The van der Waals surface area contributed by atoms with Gasteiger partial charge in [-0.25, -0.2) is 9.97 Å². The lowest BCUT2D eigenvalue weighted by molar-refractivity contribution is -0.383. The summed E-state index contributed by atoms with van der Waals surface area (Å²) < 4.78 is 12.6. The molecule has 0 aliphatic carbocycles. The van der Waals surface area contributed by atoms with E-state index in [0.29, 0.717) is 49.4 Å². The molecule has 10 nitrogen and oxygen atoms in total. The van der Waals surface area contributed by atoms with Crippen molar-refractivity contribution >= 4 is 57.2 Å². The number of nitrogens with one attached hydrogen (secondary N) is 1. The zero-order valence-electron chi connectivity index (χ0n) is 18.3. The van der Waals surface area contributed by atoms with E-state index in [0.717, 1.165) is 0 Å². The van der Waals surface area contributed by atoms with Crippen LogP contribution in [0.5, 0.6) is 11.5 Å². The van der Waals surface area contributed by atoms with Crippen LogP contribution in [0.4, 0.5) is 17.3 Å². The Labute approximate surface area is 208 Å². The maximum Gasteiger partial charge on any atom is 0.292 e. The minimum Gasteiger partial charge on any atom is -0.495 e. The van der Waals surface area contributed by atoms with Crippen LogP contribution in [0, 0.1) is 10.1 Å². The maximum absolute atomic E-state index is 11.4. The molecule has 5 aromatic rings. The molecule has 0 radical (unpaired) electrons. The van der Waals surface area contributed by atoms with E-state index >= 15 is 0 Å². The highest BCUT2D eigenvalue weighted by Crippen LogP contribution is 2.47. The molecule has 176 valence electrons. The number of aromatic nitrogens is 4. The van der Waals surface area contributed by atoms with Gasteiger partial charge in [0.25, 0.3) is 5.69 Å². The monoisotopic (exact) mass is 510 g/mol. The van der Waals surface area contributed by atoms with Crippen molar-refractivity contribution in [2.75, 3.05) is 19.5 Å². The highest BCUT2D eigenvalue weighted by molar-refractivity contribution is 6.41. The third-order valence-corrected chi connectivity index (χ3v) is 6.15. The van der Waals surface area contributed by atoms with Gasteiger partial charge in [-0.1, -0.05) is 35.3 Å². The van der Waals surface area contributed by atoms with Crippen LogP contribution in [-0.4, -0.2) is 38.5 Å². The number of nitrogens with zero attached hydrogens (tertiary/aromatic N) is 5. The molecule has 1 N–H and O–H groups in total. The molecule has 2 aromatic carbocycles. The fraction of sp³-hybridized carbons (Fsp3) is 0.0870. The number of imidazole rings is 1. The number of fused-ring (bicyclic) bond motifs is 3. The van der Waals surface area contributed by atoms with Gasteiger partial charge < -0.3 is 14.8 Å². The van der Waals surface area contributed by atoms with Crippen LogP contribution in [0.15, 0.2) is 55.0 Å². The summed E-state index contributed by atoms with van der Waals surface area (Å²) in [6.45, 7) is 0. The van der Waals surface area contributed by atoms with Crippen molar-refractivity contribution in [3.63, 3.8) is 0 Å². The average molecular weight is 511 g/mol.